The number of benzene rings is 3. The van der Waals surface area contributed by atoms with Gasteiger partial charge in [-0.2, -0.15) is 0 Å². The lowest BCUT2D eigenvalue weighted by atomic mass is 9.79. The van der Waals surface area contributed by atoms with E-state index in [1.807, 2.05) is 6.07 Å². The summed E-state index contributed by atoms with van der Waals surface area (Å²) in [4.78, 5) is 32.2. The largest absolute Gasteiger partial charge is 0.479 e. The van der Waals surface area contributed by atoms with Crippen molar-refractivity contribution in [3.63, 3.8) is 0 Å². The second-order valence-corrected chi connectivity index (χ2v) is 8.17. The van der Waals surface area contributed by atoms with Gasteiger partial charge < -0.3 is 10.0 Å². The summed E-state index contributed by atoms with van der Waals surface area (Å²) in [5.74, 6) is -1.72. The second-order valence-electron chi connectivity index (χ2n) is 7.33. The minimum atomic E-state index is -1.90. The van der Waals surface area contributed by atoms with Crippen LogP contribution in [0.5, 0.6) is 0 Å². The first-order valence-electron chi connectivity index (χ1n) is 9.68. The van der Waals surface area contributed by atoms with Crippen LogP contribution in [-0.2, 0) is 15.1 Å². The Morgan fingerprint density at radius 1 is 1.00 bits per heavy atom. The first kappa shape index (κ1) is 21.8. The zero-order valence-electron chi connectivity index (χ0n) is 17.0. The summed E-state index contributed by atoms with van der Waals surface area (Å²) < 4.78 is 0. The Hall–Kier alpha value is -3.41. The molecule has 160 valence electrons. The van der Waals surface area contributed by atoms with Gasteiger partial charge in [0.05, 0.1) is 10.4 Å². The summed E-state index contributed by atoms with van der Waals surface area (Å²) in [6.45, 7) is 4.01. The lowest BCUT2D eigenvalue weighted by molar-refractivity contribution is -0.141. The number of rotatable bonds is 5. The zero-order chi connectivity index (χ0) is 23.0. The number of nitrogens with zero attached hydrogens (tertiary/aromatic N) is 2. The molecule has 5 nitrogen and oxygen atoms in total. The van der Waals surface area contributed by atoms with Crippen molar-refractivity contribution in [1.82, 2.24) is 0 Å². The predicted molar refractivity (Wildman–Crippen MR) is 125 cm³/mol. The lowest BCUT2D eigenvalue weighted by Gasteiger charge is -2.28. The van der Waals surface area contributed by atoms with E-state index in [1.54, 1.807) is 61.6 Å². The number of amides is 1. The summed E-state index contributed by atoms with van der Waals surface area (Å²) in [5.41, 5.74) is -0.781. The van der Waals surface area contributed by atoms with Gasteiger partial charge in [0, 0.05) is 34.1 Å². The first-order valence-corrected chi connectivity index (χ1v) is 10.4. The van der Waals surface area contributed by atoms with Crippen molar-refractivity contribution in [3.05, 3.63) is 111 Å². The van der Waals surface area contributed by atoms with Gasteiger partial charge in [0.2, 0.25) is 5.54 Å². The molecule has 0 aromatic heterocycles. The lowest BCUT2D eigenvalue weighted by Crippen LogP contribution is -2.39. The molecule has 1 amide bonds. The number of aliphatic carboxylic acids is 1. The average molecular weight is 465 g/mol. The topological polar surface area (TPSA) is 70.0 Å². The van der Waals surface area contributed by atoms with E-state index < -0.39 is 17.4 Å². The number of halogens is 2. The van der Waals surface area contributed by atoms with Gasteiger partial charge in [0.25, 0.3) is 5.91 Å². The maximum atomic E-state index is 13.5. The highest BCUT2D eigenvalue weighted by Crippen LogP contribution is 2.41. The highest BCUT2D eigenvalue weighted by molar-refractivity contribution is 6.35. The second kappa shape index (κ2) is 8.26. The standard InChI is InChI=1S/C25H18Cl2N2O3/c1-15(23(30)29(2)18-11-7-4-8-12-18)22-21-19(27)13-17(26)14-20(21)28-25(22,24(31)32)16-9-5-3-6-10-16/h3-14H,1H2,2H3,(H,31,32). The van der Waals surface area contributed by atoms with E-state index in [4.69, 9.17) is 23.2 Å². The minimum absolute atomic E-state index is 0.0191. The number of anilines is 1. The van der Waals surface area contributed by atoms with Crippen LogP contribution in [0.15, 0.2) is 89.9 Å². The number of para-hydroxylation sites is 1. The Morgan fingerprint density at radius 3 is 2.19 bits per heavy atom. The number of hydrogen-bond acceptors (Lipinski definition) is 3. The smallest absolute Gasteiger partial charge is 0.341 e. The van der Waals surface area contributed by atoms with Crippen LogP contribution in [0.1, 0.15) is 5.56 Å². The molecule has 3 aromatic carbocycles. The molecule has 0 fully saturated rings. The summed E-state index contributed by atoms with van der Waals surface area (Å²) >= 11 is 12.7. The average Bonchev–Trinajstić information content (AvgIpc) is 3.15. The molecule has 1 unspecified atom stereocenters. The van der Waals surface area contributed by atoms with Crippen LogP contribution in [0, 0.1) is 0 Å². The van der Waals surface area contributed by atoms with E-state index in [0.717, 1.165) is 0 Å². The molecule has 0 bridgehead atoms. The molecule has 32 heavy (non-hydrogen) atoms. The van der Waals surface area contributed by atoms with Gasteiger partial charge in [-0.3, -0.25) is 9.79 Å². The highest BCUT2D eigenvalue weighted by Gasteiger charge is 2.49. The van der Waals surface area contributed by atoms with Gasteiger partial charge >= 0.3 is 5.97 Å². The van der Waals surface area contributed by atoms with Crippen LogP contribution in [0.2, 0.25) is 10.0 Å². The van der Waals surface area contributed by atoms with Gasteiger partial charge in [-0.25, -0.2) is 4.79 Å². The fourth-order valence-electron chi connectivity index (χ4n) is 3.93. The molecular weight excluding hydrogens is 447 g/mol. The molecule has 0 spiro atoms. The Labute approximate surface area is 194 Å². The molecule has 1 N–H and O–H groups in total. The van der Waals surface area contributed by atoms with Crippen molar-refractivity contribution in [1.29, 1.82) is 0 Å². The molecule has 0 aliphatic carbocycles. The van der Waals surface area contributed by atoms with Gasteiger partial charge in [0.15, 0.2) is 0 Å². The SMILES string of the molecule is C=C(C(=O)N(C)c1ccccc1)C1=c2c(Cl)cc(Cl)cc2=NC1(C(=O)O)c1ccccc1. The maximum absolute atomic E-state index is 13.5. The van der Waals surface area contributed by atoms with Gasteiger partial charge in [-0.1, -0.05) is 78.3 Å². The summed E-state index contributed by atoms with van der Waals surface area (Å²) in [6.07, 6.45) is 0. The summed E-state index contributed by atoms with van der Waals surface area (Å²) in [5, 5.41) is 11.6. The first-order chi connectivity index (χ1) is 15.3. The molecule has 7 heteroatoms. The number of fused-ring (bicyclic) bond motifs is 1. The normalized spacial score (nSPS) is 16.8. The number of likely N-dealkylation sites (N-methyl/N-ethyl adjacent to an activating group) is 1. The molecule has 0 saturated heterocycles. The molecule has 1 aliphatic heterocycles. The van der Waals surface area contributed by atoms with Gasteiger partial charge in [-0.15, -0.1) is 0 Å². The number of carbonyl (C=O) groups excluding carboxylic acids is 1. The number of carbonyl (C=O) groups is 2. The Morgan fingerprint density at radius 2 is 1.59 bits per heavy atom. The fraction of sp³-hybridized carbons (Fsp3) is 0.0800. The van der Waals surface area contributed by atoms with Crippen molar-refractivity contribution in [2.75, 3.05) is 11.9 Å². The van der Waals surface area contributed by atoms with Crippen molar-refractivity contribution >= 4 is 46.3 Å². The Bertz CT molecular complexity index is 1370. The quantitative estimate of drug-likeness (QED) is 0.580. The Balaban J connectivity index is 2.01. The summed E-state index contributed by atoms with van der Waals surface area (Å²) in [6, 6.07) is 20.5. The van der Waals surface area contributed by atoms with Crippen LogP contribution < -0.4 is 15.5 Å². The molecule has 0 radical (unpaired) electrons. The third kappa shape index (κ3) is 3.40. The fourth-order valence-corrected chi connectivity index (χ4v) is 4.50. The molecule has 4 rings (SSSR count). The number of carboxylic acids is 1. The third-order valence-electron chi connectivity index (χ3n) is 5.44. The van der Waals surface area contributed by atoms with E-state index >= 15 is 0 Å². The van der Waals surface area contributed by atoms with E-state index in [9.17, 15) is 14.7 Å². The Kier molecular flexibility index (Phi) is 5.63. The van der Waals surface area contributed by atoms with E-state index in [2.05, 4.69) is 11.6 Å². The molecular formula is C25H18Cl2N2O3. The van der Waals surface area contributed by atoms with Crippen LogP contribution in [0.25, 0.3) is 5.57 Å². The molecule has 0 saturated carbocycles. The highest BCUT2D eigenvalue weighted by atomic mass is 35.5. The molecule has 3 aromatic rings. The van der Waals surface area contributed by atoms with Crippen molar-refractivity contribution in [3.8, 4) is 0 Å². The minimum Gasteiger partial charge on any atom is -0.479 e. The van der Waals surface area contributed by atoms with Crippen molar-refractivity contribution in [2.45, 2.75) is 5.54 Å². The molecule has 1 atom stereocenters. The summed E-state index contributed by atoms with van der Waals surface area (Å²) in [7, 11) is 1.60. The van der Waals surface area contributed by atoms with E-state index in [1.165, 1.54) is 17.0 Å². The van der Waals surface area contributed by atoms with Gasteiger partial charge in [0.1, 0.15) is 0 Å². The monoisotopic (exact) mass is 464 g/mol. The van der Waals surface area contributed by atoms with Crippen LogP contribution in [0.4, 0.5) is 5.69 Å². The van der Waals surface area contributed by atoms with E-state index in [0.29, 0.717) is 26.8 Å². The van der Waals surface area contributed by atoms with Crippen molar-refractivity contribution in [2.24, 2.45) is 4.99 Å². The molecule has 1 heterocycles. The van der Waals surface area contributed by atoms with E-state index in [-0.39, 0.29) is 16.2 Å². The third-order valence-corrected chi connectivity index (χ3v) is 5.96. The van der Waals surface area contributed by atoms with Crippen LogP contribution in [-0.4, -0.2) is 24.0 Å². The van der Waals surface area contributed by atoms with Crippen molar-refractivity contribution < 1.29 is 14.7 Å². The zero-order valence-corrected chi connectivity index (χ0v) is 18.6. The molecule has 1 aliphatic rings. The predicted octanol–water partition coefficient (Wildman–Crippen LogP) is 3.98. The van der Waals surface area contributed by atoms with Gasteiger partial charge in [-0.05, 0) is 29.8 Å². The maximum Gasteiger partial charge on any atom is 0.341 e. The number of carboxylic acid groups (broad SMARTS) is 1. The van der Waals surface area contributed by atoms with Crippen LogP contribution in [0.3, 0.4) is 0 Å². The number of hydrogen-bond donors (Lipinski definition) is 1. The van der Waals surface area contributed by atoms with Crippen LogP contribution >= 0.6 is 23.2 Å².